The van der Waals surface area contributed by atoms with E-state index in [2.05, 4.69) is 6.07 Å². The summed E-state index contributed by atoms with van der Waals surface area (Å²) >= 11 is 1.70. The number of benzene rings is 1. The zero-order valence-electron chi connectivity index (χ0n) is 7.45. The summed E-state index contributed by atoms with van der Waals surface area (Å²) in [5.74, 6) is 0. The van der Waals surface area contributed by atoms with E-state index in [1.807, 2.05) is 31.4 Å². The molecule has 1 aromatic carbocycles. The lowest BCUT2D eigenvalue weighted by Crippen LogP contribution is -1.94. The molecule has 0 aliphatic carbocycles. The molecule has 2 heteroatoms. The Kier molecular flexibility index (Phi) is 3.63. The summed E-state index contributed by atoms with van der Waals surface area (Å²) in [5.41, 5.74) is 1.02. The van der Waals surface area contributed by atoms with E-state index >= 15 is 0 Å². The molecule has 0 fully saturated rings. The van der Waals surface area contributed by atoms with E-state index in [0.29, 0.717) is 0 Å². The molecule has 66 valence electrons. The van der Waals surface area contributed by atoms with Crippen LogP contribution in [-0.2, 0) is 0 Å². The molecular formula is C10H14OS. The SMILES string of the molecule is CC[C@@H](O)c1cccc(SC)c1. The van der Waals surface area contributed by atoms with Gasteiger partial charge in [0.25, 0.3) is 0 Å². The largest absolute Gasteiger partial charge is 0.388 e. The predicted octanol–water partition coefficient (Wildman–Crippen LogP) is 2.85. The summed E-state index contributed by atoms with van der Waals surface area (Å²) in [7, 11) is 0. The molecule has 0 aliphatic heterocycles. The number of aliphatic hydroxyl groups excluding tert-OH is 1. The van der Waals surface area contributed by atoms with E-state index in [4.69, 9.17) is 0 Å². The van der Waals surface area contributed by atoms with Gasteiger partial charge in [-0.1, -0.05) is 19.1 Å². The van der Waals surface area contributed by atoms with Crippen LogP contribution in [0.5, 0.6) is 0 Å². The lowest BCUT2D eigenvalue weighted by atomic mass is 10.1. The molecule has 0 radical (unpaired) electrons. The van der Waals surface area contributed by atoms with Crippen molar-refractivity contribution in [1.82, 2.24) is 0 Å². The Labute approximate surface area is 77.8 Å². The maximum Gasteiger partial charge on any atom is 0.0787 e. The van der Waals surface area contributed by atoms with Gasteiger partial charge in [-0.15, -0.1) is 11.8 Å². The third kappa shape index (κ3) is 2.26. The minimum atomic E-state index is -0.308. The molecule has 0 aliphatic rings. The summed E-state index contributed by atoms with van der Waals surface area (Å²) in [6.45, 7) is 1.98. The van der Waals surface area contributed by atoms with Crippen molar-refractivity contribution >= 4 is 11.8 Å². The molecule has 0 aromatic heterocycles. The topological polar surface area (TPSA) is 20.2 Å². The number of rotatable bonds is 3. The second-order valence-electron chi connectivity index (χ2n) is 2.70. The van der Waals surface area contributed by atoms with Crippen LogP contribution in [0.3, 0.4) is 0 Å². The first kappa shape index (κ1) is 9.62. The molecule has 0 bridgehead atoms. The fourth-order valence-electron chi connectivity index (χ4n) is 1.08. The van der Waals surface area contributed by atoms with Crippen LogP contribution < -0.4 is 0 Å². The van der Waals surface area contributed by atoms with E-state index < -0.39 is 0 Å². The maximum absolute atomic E-state index is 9.54. The highest BCUT2D eigenvalue weighted by Gasteiger charge is 2.03. The molecule has 1 nitrogen and oxygen atoms in total. The van der Waals surface area contributed by atoms with Gasteiger partial charge in [0.2, 0.25) is 0 Å². The second kappa shape index (κ2) is 4.53. The molecule has 0 saturated carbocycles. The molecule has 12 heavy (non-hydrogen) atoms. The standard InChI is InChI=1S/C10H14OS/c1-3-10(11)8-5-4-6-9(7-8)12-2/h4-7,10-11H,3H2,1-2H3/t10-/m1/s1. The van der Waals surface area contributed by atoms with Crippen molar-refractivity contribution in [1.29, 1.82) is 0 Å². The fraction of sp³-hybridized carbons (Fsp3) is 0.400. The van der Waals surface area contributed by atoms with Gasteiger partial charge in [0.05, 0.1) is 6.10 Å². The first-order chi connectivity index (χ1) is 5.77. The van der Waals surface area contributed by atoms with Crippen molar-refractivity contribution in [2.45, 2.75) is 24.3 Å². The highest BCUT2D eigenvalue weighted by atomic mass is 32.2. The van der Waals surface area contributed by atoms with Crippen LogP contribution in [0.2, 0.25) is 0 Å². The Balaban J connectivity index is 2.86. The van der Waals surface area contributed by atoms with Gasteiger partial charge in [0.15, 0.2) is 0 Å². The van der Waals surface area contributed by atoms with Gasteiger partial charge in [-0.3, -0.25) is 0 Å². The Hall–Kier alpha value is -0.470. The maximum atomic E-state index is 9.54. The van der Waals surface area contributed by atoms with Gasteiger partial charge in [0.1, 0.15) is 0 Å². The zero-order valence-corrected chi connectivity index (χ0v) is 8.27. The minimum Gasteiger partial charge on any atom is -0.388 e. The fourth-order valence-corrected chi connectivity index (χ4v) is 1.55. The summed E-state index contributed by atoms with van der Waals surface area (Å²) in [6, 6.07) is 8.04. The number of hydrogen-bond acceptors (Lipinski definition) is 2. The van der Waals surface area contributed by atoms with Crippen LogP contribution in [0.25, 0.3) is 0 Å². The van der Waals surface area contributed by atoms with Crippen molar-refractivity contribution in [2.24, 2.45) is 0 Å². The second-order valence-corrected chi connectivity index (χ2v) is 3.58. The highest BCUT2D eigenvalue weighted by Crippen LogP contribution is 2.21. The smallest absolute Gasteiger partial charge is 0.0787 e. The molecule has 1 atom stereocenters. The summed E-state index contributed by atoms with van der Waals surface area (Å²) in [5, 5.41) is 9.54. The van der Waals surface area contributed by atoms with Crippen LogP contribution >= 0.6 is 11.8 Å². The number of aliphatic hydroxyl groups is 1. The highest BCUT2D eigenvalue weighted by molar-refractivity contribution is 7.98. The quantitative estimate of drug-likeness (QED) is 0.725. The molecule has 0 amide bonds. The van der Waals surface area contributed by atoms with Gasteiger partial charge in [0, 0.05) is 4.90 Å². The lowest BCUT2D eigenvalue weighted by Gasteiger charge is -2.08. The van der Waals surface area contributed by atoms with Crippen LogP contribution in [0.1, 0.15) is 25.0 Å². The average Bonchev–Trinajstić information content (AvgIpc) is 2.17. The van der Waals surface area contributed by atoms with Gasteiger partial charge in [-0.05, 0) is 30.4 Å². The van der Waals surface area contributed by atoms with E-state index in [0.717, 1.165) is 12.0 Å². The Morgan fingerprint density at radius 3 is 2.83 bits per heavy atom. The van der Waals surface area contributed by atoms with Gasteiger partial charge < -0.3 is 5.11 Å². The Bertz CT molecular complexity index is 247. The molecule has 0 unspecified atom stereocenters. The molecule has 0 saturated heterocycles. The summed E-state index contributed by atoms with van der Waals surface area (Å²) in [6.07, 6.45) is 2.51. The minimum absolute atomic E-state index is 0.308. The Morgan fingerprint density at radius 2 is 2.25 bits per heavy atom. The van der Waals surface area contributed by atoms with E-state index in [-0.39, 0.29) is 6.10 Å². The van der Waals surface area contributed by atoms with E-state index in [9.17, 15) is 5.11 Å². The van der Waals surface area contributed by atoms with Crippen LogP contribution in [0.15, 0.2) is 29.2 Å². The Morgan fingerprint density at radius 1 is 1.50 bits per heavy atom. The molecule has 1 aromatic rings. The molecular weight excluding hydrogens is 168 g/mol. The number of hydrogen-bond donors (Lipinski definition) is 1. The van der Waals surface area contributed by atoms with Crippen molar-refractivity contribution in [3.8, 4) is 0 Å². The molecule has 1 rings (SSSR count). The first-order valence-corrected chi connectivity index (χ1v) is 5.32. The summed E-state index contributed by atoms with van der Waals surface area (Å²) < 4.78 is 0. The first-order valence-electron chi connectivity index (χ1n) is 4.10. The van der Waals surface area contributed by atoms with Gasteiger partial charge >= 0.3 is 0 Å². The van der Waals surface area contributed by atoms with Crippen LogP contribution in [0, 0.1) is 0 Å². The van der Waals surface area contributed by atoms with E-state index in [1.165, 1.54) is 4.90 Å². The molecule has 0 spiro atoms. The van der Waals surface area contributed by atoms with Crippen molar-refractivity contribution in [3.05, 3.63) is 29.8 Å². The average molecular weight is 182 g/mol. The zero-order chi connectivity index (χ0) is 8.97. The van der Waals surface area contributed by atoms with Crippen molar-refractivity contribution in [2.75, 3.05) is 6.26 Å². The van der Waals surface area contributed by atoms with Crippen LogP contribution in [0.4, 0.5) is 0 Å². The van der Waals surface area contributed by atoms with Gasteiger partial charge in [-0.2, -0.15) is 0 Å². The lowest BCUT2D eigenvalue weighted by molar-refractivity contribution is 0.173. The summed E-state index contributed by atoms with van der Waals surface area (Å²) in [4.78, 5) is 1.21. The number of thioether (sulfide) groups is 1. The van der Waals surface area contributed by atoms with Gasteiger partial charge in [-0.25, -0.2) is 0 Å². The van der Waals surface area contributed by atoms with Crippen LogP contribution in [-0.4, -0.2) is 11.4 Å². The normalized spacial score (nSPS) is 12.9. The third-order valence-corrected chi connectivity index (χ3v) is 2.59. The van der Waals surface area contributed by atoms with E-state index in [1.54, 1.807) is 11.8 Å². The monoisotopic (exact) mass is 182 g/mol. The van der Waals surface area contributed by atoms with Crippen molar-refractivity contribution in [3.63, 3.8) is 0 Å². The molecule has 1 N–H and O–H groups in total. The molecule has 0 heterocycles. The third-order valence-electron chi connectivity index (χ3n) is 1.87. The van der Waals surface area contributed by atoms with Crippen molar-refractivity contribution < 1.29 is 5.11 Å². The predicted molar refractivity (Wildman–Crippen MR) is 53.5 cm³/mol.